The summed E-state index contributed by atoms with van der Waals surface area (Å²) in [7, 11) is 0. The Hall–Kier alpha value is -0.740. The number of nitrogens with one attached hydrogen (secondary N) is 1. The highest BCUT2D eigenvalue weighted by Crippen LogP contribution is 2.13. The van der Waals surface area contributed by atoms with Crippen molar-refractivity contribution in [1.29, 1.82) is 0 Å². The summed E-state index contributed by atoms with van der Waals surface area (Å²) in [4.78, 5) is 10.3. The number of amides is 1. The lowest BCUT2D eigenvalue weighted by molar-refractivity contribution is -0.173. The van der Waals surface area contributed by atoms with Gasteiger partial charge in [0.15, 0.2) is 0 Å². The minimum Gasteiger partial charge on any atom is -0.348 e. The van der Waals surface area contributed by atoms with Crippen LogP contribution in [0.4, 0.5) is 13.2 Å². The summed E-state index contributed by atoms with van der Waals surface area (Å²) in [6.07, 6.45) is -0.619. The number of unbranched alkanes of at least 4 members (excludes halogenated alkanes) is 3. The smallest absolute Gasteiger partial charge is 0.348 e. The Balaban J connectivity index is 3.38. The number of hydrogen-bond acceptors (Lipinski definition) is 1. The minimum absolute atomic E-state index is 0.0782. The fourth-order valence-electron chi connectivity index (χ4n) is 0.753. The summed E-state index contributed by atoms with van der Waals surface area (Å²) in [5.41, 5.74) is 0. The molecule has 13 heavy (non-hydrogen) atoms. The molecule has 0 aliphatic carbocycles. The van der Waals surface area contributed by atoms with E-state index >= 15 is 0 Å². The van der Waals surface area contributed by atoms with E-state index in [1.165, 1.54) is 0 Å². The molecule has 0 saturated carbocycles. The van der Waals surface area contributed by atoms with Gasteiger partial charge in [0.1, 0.15) is 0 Å². The van der Waals surface area contributed by atoms with Gasteiger partial charge in [0, 0.05) is 6.54 Å². The lowest BCUT2D eigenvalue weighted by atomic mass is 10.2. The topological polar surface area (TPSA) is 29.1 Å². The van der Waals surface area contributed by atoms with E-state index in [9.17, 15) is 18.0 Å². The molecule has 77 valence electrons. The molecule has 0 aliphatic heterocycles. The van der Waals surface area contributed by atoms with Crippen molar-refractivity contribution >= 4 is 5.91 Å². The van der Waals surface area contributed by atoms with Crippen LogP contribution in [0.25, 0.3) is 0 Å². The fraction of sp³-hybridized carbons (Fsp3) is 0.750. The number of carbonyl (C=O) groups is 1. The Morgan fingerprint density at radius 2 is 2.08 bits per heavy atom. The van der Waals surface area contributed by atoms with Crippen molar-refractivity contribution in [3.05, 3.63) is 6.42 Å². The predicted molar refractivity (Wildman–Crippen MR) is 42.9 cm³/mol. The average Bonchev–Trinajstić information content (AvgIpc) is 2.02. The molecule has 1 radical (unpaired) electrons. The molecular weight excluding hydrogens is 183 g/mol. The lowest BCUT2D eigenvalue weighted by Gasteiger charge is -2.06. The van der Waals surface area contributed by atoms with Crippen molar-refractivity contribution in [1.82, 2.24) is 5.32 Å². The summed E-state index contributed by atoms with van der Waals surface area (Å²) in [5.74, 6) is -1.86. The molecule has 0 saturated heterocycles. The van der Waals surface area contributed by atoms with E-state index in [4.69, 9.17) is 0 Å². The van der Waals surface area contributed by atoms with Crippen LogP contribution in [0.1, 0.15) is 26.2 Å². The van der Waals surface area contributed by atoms with Gasteiger partial charge in [0.05, 0.1) is 0 Å². The second-order valence-corrected chi connectivity index (χ2v) is 2.59. The summed E-state index contributed by atoms with van der Waals surface area (Å²) < 4.78 is 34.8. The molecule has 1 amide bonds. The maximum absolute atomic E-state index is 11.6. The van der Waals surface area contributed by atoms with Crippen LogP contribution in [0, 0.1) is 6.42 Å². The molecule has 0 heterocycles. The highest BCUT2D eigenvalue weighted by molar-refractivity contribution is 5.81. The standard InChI is InChI=1S/C8H13F3NO/c1-2-3-4-5-6-12-7(13)8(9,10)11/h3H,2,4-6H2,1H3,(H,12,13). The normalized spacial score (nSPS) is 11.4. The first-order valence-electron chi connectivity index (χ1n) is 4.15. The second-order valence-electron chi connectivity index (χ2n) is 2.59. The van der Waals surface area contributed by atoms with Crippen LogP contribution >= 0.6 is 0 Å². The molecule has 0 aliphatic rings. The third kappa shape index (κ3) is 6.42. The van der Waals surface area contributed by atoms with Gasteiger partial charge in [0.25, 0.3) is 0 Å². The van der Waals surface area contributed by atoms with Gasteiger partial charge in [-0.25, -0.2) is 0 Å². The minimum atomic E-state index is -4.76. The molecular formula is C8H13F3NO. The molecule has 0 aromatic carbocycles. The van der Waals surface area contributed by atoms with E-state index in [0.29, 0.717) is 6.42 Å². The lowest BCUT2D eigenvalue weighted by Crippen LogP contribution is -2.37. The Morgan fingerprint density at radius 3 is 2.54 bits per heavy atom. The Morgan fingerprint density at radius 1 is 1.46 bits per heavy atom. The van der Waals surface area contributed by atoms with Gasteiger partial charge in [-0.1, -0.05) is 13.3 Å². The number of carbonyl (C=O) groups excluding carboxylic acids is 1. The maximum atomic E-state index is 11.6. The quantitative estimate of drug-likeness (QED) is 0.670. The van der Waals surface area contributed by atoms with E-state index in [0.717, 1.165) is 12.8 Å². The zero-order valence-electron chi connectivity index (χ0n) is 7.45. The summed E-state index contributed by atoms with van der Waals surface area (Å²) in [5, 5.41) is 1.80. The van der Waals surface area contributed by atoms with Crippen molar-refractivity contribution in [3.8, 4) is 0 Å². The summed E-state index contributed by atoms with van der Waals surface area (Å²) >= 11 is 0. The van der Waals surface area contributed by atoms with E-state index in [1.807, 2.05) is 13.3 Å². The van der Waals surface area contributed by atoms with Crippen molar-refractivity contribution in [2.24, 2.45) is 0 Å². The Labute approximate surface area is 75.5 Å². The summed E-state index contributed by atoms with van der Waals surface area (Å²) in [6.45, 7) is 2.03. The molecule has 5 heteroatoms. The van der Waals surface area contributed by atoms with Gasteiger partial charge >= 0.3 is 12.1 Å². The highest BCUT2D eigenvalue weighted by Gasteiger charge is 2.37. The SMILES string of the molecule is CC[CH]CCCNC(=O)C(F)(F)F. The molecule has 0 atom stereocenters. The summed E-state index contributed by atoms with van der Waals surface area (Å²) in [6, 6.07) is 0. The largest absolute Gasteiger partial charge is 0.471 e. The first-order valence-corrected chi connectivity index (χ1v) is 4.15. The molecule has 0 aromatic rings. The monoisotopic (exact) mass is 196 g/mol. The zero-order chi connectivity index (χ0) is 10.3. The third-order valence-corrected chi connectivity index (χ3v) is 1.42. The van der Waals surface area contributed by atoms with E-state index in [-0.39, 0.29) is 6.54 Å². The molecule has 0 unspecified atom stereocenters. The van der Waals surface area contributed by atoms with Crippen LogP contribution in [0.2, 0.25) is 0 Å². The zero-order valence-corrected chi connectivity index (χ0v) is 7.45. The second kappa shape index (κ2) is 5.83. The van der Waals surface area contributed by atoms with Crippen molar-refractivity contribution in [2.45, 2.75) is 32.4 Å². The first kappa shape index (κ1) is 12.3. The van der Waals surface area contributed by atoms with Crippen LogP contribution in [0.5, 0.6) is 0 Å². The molecule has 2 nitrogen and oxygen atoms in total. The van der Waals surface area contributed by atoms with Crippen LogP contribution in [-0.4, -0.2) is 18.6 Å². The van der Waals surface area contributed by atoms with Gasteiger partial charge in [0.2, 0.25) is 0 Å². The van der Waals surface area contributed by atoms with Crippen molar-refractivity contribution < 1.29 is 18.0 Å². The maximum Gasteiger partial charge on any atom is 0.471 e. The van der Waals surface area contributed by atoms with Gasteiger partial charge in [-0.2, -0.15) is 13.2 Å². The van der Waals surface area contributed by atoms with Crippen LogP contribution in [-0.2, 0) is 4.79 Å². The number of halogens is 3. The van der Waals surface area contributed by atoms with E-state index < -0.39 is 12.1 Å². The fourth-order valence-corrected chi connectivity index (χ4v) is 0.753. The molecule has 0 rings (SSSR count). The molecule has 0 aromatic heterocycles. The highest BCUT2D eigenvalue weighted by atomic mass is 19.4. The van der Waals surface area contributed by atoms with Crippen LogP contribution in [0.15, 0.2) is 0 Å². The first-order chi connectivity index (χ1) is 5.98. The van der Waals surface area contributed by atoms with Gasteiger partial charge in [-0.05, 0) is 19.3 Å². The average molecular weight is 196 g/mol. The van der Waals surface area contributed by atoms with Gasteiger partial charge in [-0.15, -0.1) is 0 Å². The Bertz CT molecular complexity index is 156. The molecule has 0 fully saturated rings. The van der Waals surface area contributed by atoms with E-state index in [2.05, 4.69) is 0 Å². The number of rotatable bonds is 5. The molecule has 0 bridgehead atoms. The van der Waals surface area contributed by atoms with Crippen LogP contribution < -0.4 is 5.32 Å². The number of hydrogen-bond donors (Lipinski definition) is 1. The van der Waals surface area contributed by atoms with Crippen molar-refractivity contribution in [2.75, 3.05) is 6.54 Å². The molecule has 0 spiro atoms. The van der Waals surface area contributed by atoms with Gasteiger partial charge in [-0.3, -0.25) is 4.79 Å². The van der Waals surface area contributed by atoms with E-state index in [1.54, 1.807) is 5.32 Å². The third-order valence-electron chi connectivity index (χ3n) is 1.42. The molecule has 1 N–H and O–H groups in total. The Kier molecular flexibility index (Phi) is 5.50. The predicted octanol–water partition coefficient (Wildman–Crippen LogP) is 2.06. The van der Waals surface area contributed by atoms with Crippen LogP contribution in [0.3, 0.4) is 0 Å². The van der Waals surface area contributed by atoms with Gasteiger partial charge < -0.3 is 5.32 Å². The van der Waals surface area contributed by atoms with Crippen molar-refractivity contribution in [3.63, 3.8) is 0 Å². The number of alkyl halides is 3.